The van der Waals surface area contributed by atoms with Gasteiger partial charge in [-0.2, -0.15) is 0 Å². The van der Waals surface area contributed by atoms with Crippen molar-refractivity contribution in [1.29, 1.82) is 0 Å². The van der Waals surface area contributed by atoms with E-state index in [4.69, 9.17) is 0 Å². The van der Waals surface area contributed by atoms with Gasteiger partial charge in [-0.25, -0.2) is 0 Å². The van der Waals surface area contributed by atoms with Gasteiger partial charge in [0.25, 0.3) is 5.91 Å². The Hall–Kier alpha value is -2.09. The number of allylic oxidation sites excluding steroid dienone is 5. The quantitative estimate of drug-likeness (QED) is 0.723. The normalized spacial score (nSPS) is 21.0. The molecule has 1 N–H and O–H groups in total. The summed E-state index contributed by atoms with van der Waals surface area (Å²) >= 11 is 0. The molecule has 124 valence electrons. The first-order valence-electron chi connectivity index (χ1n) is 9.32. The van der Waals surface area contributed by atoms with E-state index in [2.05, 4.69) is 42.6 Å². The molecule has 24 heavy (non-hydrogen) atoms. The average Bonchev–Trinajstić information content (AvgIpc) is 3.14. The molecule has 0 spiro atoms. The van der Waals surface area contributed by atoms with Gasteiger partial charge in [0.2, 0.25) is 0 Å². The fourth-order valence-electron chi connectivity index (χ4n) is 4.08. The largest absolute Gasteiger partial charge is 0.321 e. The second kappa shape index (κ2) is 6.43. The molecule has 0 fully saturated rings. The molecule has 2 heteroatoms. The van der Waals surface area contributed by atoms with E-state index >= 15 is 0 Å². The molecule has 3 aliphatic rings. The van der Waals surface area contributed by atoms with Crippen LogP contribution in [0.15, 0.2) is 47.1 Å². The fourth-order valence-corrected chi connectivity index (χ4v) is 4.08. The Bertz CT molecular complexity index is 779. The van der Waals surface area contributed by atoms with Gasteiger partial charge in [-0.1, -0.05) is 31.1 Å². The molecule has 0 radical (unpaired) electrons. The summed E-state index contributed by atoms with van der Waals surface area (Å²) in [5.74, 6) is 0.0448. The maximum atomic E-state index is 12.4. The molecule has 4 rings (SSSR count). The van der Waals surface area contributed by atoms with E-state index in [9.17, 15) is 4.79 Å². The van der Waals surface area contributed by atoms with Gasteiger partial charge in [0, 0.05) is 16.8 Å². The van der Waals surface area contributed by atoms with Crippen LogP contribution in [0.1, 0.15) is 63.0 Å². The van der Waals surface area contributed by atoms with Crippen LogP contribution in [0, 0.1) is 0 Å². The van der Waals surface area contributed by atoms with Crippen molar-refractivity contribution >= 4 is 17.2 Å². The Morgan fingerprint density at radius 2 is 2.08 bits per heavy atom. The number of hydrogen-bond acceptors (Lipinski definition) is 1. The monoisotopic (exact) mass is 319 g/mol. The highest BCUT2D eigenvalue weighted by molar-refractivity contribution is 6.31. The summed E-state index contributed by atoms with van der Waals surface area (Å²) in [6, 6.07) is 6.41. The lowest BCUT2D eigenvalue weighted by Crippen LogP contribution is -2.03. The summed E-state index contributed by atoms with van der Waals surface area (Å²) in [4.78, 5) is 12.4. The third-order valence-electron chi connectivity index (χ3n) is 5.42. The van der Waals surface area contributed by atoms with Gasteiger partial charge in [-0.3, -0.25) is 4.79 Å². The molecule has 1 aromatic rings. The fraction of sp³-hybridized carbons (Fsp3) is 0.409. The number of unbranched alkanes of at least 4 members (excludes halogenated alkanes) is 1. The lowest BCUT2D eigenvalue weighted by Gasteiger charge is -2.12. The number of hydrogen-bond donors (Lipinski definition) is 1. The van der Waals surface area contributed by atoms with Crippen LogP contribution in [-0.2, 0) is 11.2 Å². The van der Waals surface area contributed by atoms with Crippen LogP contribution in [0.4, 0.5) is 5.69 Å². The molecule has 1 amide bonds. The summed E-state index contributed by atoms with van der Waals surface area (Å²) in [6.07, 6.45) is 14.1. The Balaban J connectivity index is 1.62. The molecule has 2 nitrogen and oxygen atoms in total. The number of carbonyl (C=O) groups is 1. The molecule has 0 saturated heterocycles. The Morgan fingerprint density at radius 3 is 2.92 bits per heavy atom. The van der Waals surface area contributed by atoms with Crippen LogP contribution in [0.3, 0.4) is 0 Å². The first-order valence-corrected chi connectivity index (χ1v) is 9.32. The topological polar surface area (TPSA) is 29.1 Å². The smallest absolute Gasteiger partial charge is 0.256 e. The highest BCUT2D eigenvalue weighted by atomic mass is 16.2. The molecule has 0 bridgehead atoms. The van der Waals surface area contributed by atoms with E-state index < -0.39 is 0 Å². The van der Waals surface area contributed by atoms with Gasteiger partial charge in [0.1, 0.15) is 0 Å². The van der Waals surface area contributed by atoms with Crippen LogP contribution < -0.4 is 5.32 Å². The number of rotatable bonds is 4. The van der Waals surface area contributed by atoms with Crippen molar-refractivity contribution < 1.29 is 4.79 Å². The van der Waals surface area contributed by atoms with Crippen LogP contribution in [0.5, 0.6) is 0 Å². The second-order valence-electron chi connectivity index (χ2n) is 7.23. The molecule has 0 saturated carbocycles. The predicted molar refractivity (Wildman–Crippen MR) is 99.9 cm³/mol. The number of nitrogens with one attached hydrogen (secondary N) is 1. The zero-order valence-corrected chi connectivity index (χ0v) is 14.5. The van der Waals surface area contributed by atoms with Crippen molar-refractivity contribution in [3.05, 3.63) is 58.2 Å². The van der Waals surface area contributed by atoms with Crippen molar-refractivity contribution in [1.82, 2.24) is 0 Å². The Labute approximate surface area is 144 Å². The number of fused-ring (bicyclic) bond motifs is 1. The predicted octanol–water partition coefficient (Wildman–Crippen LogP) is 5.57. The average molecular weight is 319 g/mol. The lowest BCUT2D eigenvalue weighted by molar-refractivity contribution is -0.110. The number of benzene rings is 1. The van der Waals surface area contributed by atoms with E-state index in [1.165, 1.54) is 55.2 Å². The molecular formula is C22H25NO. The molecule has 0 aromatic heterocycles. The third kappa shape index (κ3) is 2.86. The Kier molecular flexibility index (Phi) is 4.13. The van der Waals surface area contributed by atoms with Gasteiger partial charge in [-0.15, -0.1) is 0 Å². The third-order valence-corrected chi connectivity index (χ3v) is 5.42. The van der Waals surface area contributed by atoms with Crippen molar-refractivity contribution in [2.75, 3.05) is 5.32 Å². The molecule has 1 aromatic carbocycles. The van der Waals surface area contributed by atoms with Gasteiger partial charge >= 0.3 is 0 Å². The van der Waals surface area contributed by atoms with Gasteiger partial charge in [0.15, 0.2) is 0 Å². The molecule has 0 unspecified atom stereocenters. The van der Waals surface area contributed by atoms with Gasteiger partial charge < -0.3 is 5.32 Å². The van der Waals surface area contributed by atoms with Crippen molar-refractivity contribution in [3.8, 4) is 0 Å². The summed E-state index contributed by atoms with van der Waals surface area (Å²) in [5.41, 5.74) is 8.65. The first-order chi connectivity index (χ1) is 11.7. The van der Waals surface area contributed by atoms with Gasteiger partial charge in [0.05, 0.1) is 0 Å². The first kappa shape index (κ1) is 15.4. The molecular weight excluding hydrogens is 294 g/mol. The molecule has 1 heterocycles. The summed E-state index contributed by atoms with van der Waals surface area (Å²) < 4.78 is 0. The number of aryl methyl sites for hydroxylation is 1. The zero-order valence-electron chi connectivity index (χ0n) is 14.5. The van der Waals surface area contributed by atoms with Crippen molar-refractivity contribution in [2.45, 2.75) is 58.3 Å². The van der Waals surface area contributed by atoms with Crippen LogP contribution >= 0.6 is 0 Å². The number of amides is 1. The minimum atomic E-state index is 0.0448. The SMILES string of the molecule is CCCCc1ccc2c(c1)C(=CC1=CC3=C(CCCC3)C1)C(=O)N2. The van der Waals surface area contributed by atoms with E-state index in [0.29, 0.717) is 0 Å². The molecule has 0 atom stereocenters. The minimum absolute atomic E-state index is 0.0448. The molecule has 1 aliphatic heterocycles. The summed E-state index contributed by atoms with van der Waals surface area (Å²) in [5, 5.41) is 3.02. The maximum Gasteiger partial charge on any atom is 0.256 e. The van der Waals surface area contributed by atoms with Crippen molar-refractivity contribution in [3.63, 3.8) is 0 Å². The van der Waals surface area contributed by atoms with E-state index in [-0.39, 0.29) is 5.91 Å². The van der Waals surface area contributed by atoms with E-state index in [1.54, 1.807) is 5.57 Å². The van der Waals surface area contributed by atoms with Crippen LogP contribution in [0.2, 0.25) is 0 Å². The zero-order chi connectivity index (χ0) is 16.5. The number of anilines is 1. The second-order valence-corrected chi connectivity index (χ2v) is 7.23. The van der Waals surface area contributed by atoms with Crippen molar-refractivity contribution in [2.24, 2.45) is 0 Å². The van der Waals surface area contributed by atoms with Gasteiger partial charge in [-0.05, 0) is 79.9 Å². The van der Waals surface area contributed by atoms with Crippen LogP contribution in [-0.4, -0.2) is 5.91 Å². The van der Waals surface area contributed by atoms with E-state index in [0.717, 1.165) is 29.7 Å². The lowest BCUT2D eigenvalue weighted by atomic mass is 9.93. The standard InChI is InChI=1S/C22H25NO/c1-2-3-6-15-9-10-21-19(13-15)20(22(24)23-21)14-16-11-17-7-4-5-8-18(17)12-16/h9-11,13-14H,2-8,12H2,1H3,(H,23,24). The highest BCUT2D eigenvalue weighted by Gasteiger charge is 2.26. The van der Waals surface area contributed by atoms with Crippen LogP contribution in [0.25, 0.3) is 5.57 Å². The Morgan fingerprint density at radius 1 is 1.21 bits per heavy atom. The highest BCUT2D eigenvalue weighted by Crippen LogP contribution is 2.39. The maximum absolute atomic E-state index is 12.4. The minimum Gasteiger partial charge on any atom is -0.321 e. The molecule has 2 aliphatic carbocycles. The summed E-state index contributed by atoms with van der Waals surface area (Å²) in [6.45, 7) is 2.21. The number of carbonyl (C=O) groups excluding carboxylic acids is 1. The van der Waals surface area contributed by atoms with E-state index in [1.807, 2.05) is 0 Å². The summed E-state index contributed by atoms with van der Waals surface area (Å²) in [7, 11) is 0.